The number of ether oxygens (including phenoxy) is 3. The molecule has 32 heavy (non-hydrogen) atoms. The van der Waals surface area contributed by atoms with Gasteiger partial charge in [-0.25, -0.2) is 4.39 Å². The molecule has 1 heterocycles. The van der Waals surface area contributed by atoms with Crippen molar-refractivity contribution in [2.45, 2.75) is 46.5 Å². The Hall–Kier alpha value is -2.93. The first kappa shape index (κ1) is 23.7. The third kappa shape index (κ3) is 6.07. The molecule has 2 aromatic rings. The van der Waals surface area contributed by atoms with Gasteiger partial charge in [-0.15, -0.1) is 0 Å². The van der Waals surface area contributed by atoms with Crippen LogP contribution < -0.4 is 10.1 Å². The summed E-state index contributed by atoms with van der Waals surface area (Å²) in [4.78, 5) is 22.9. The fraction of sp³-hybridized carbons (Fsp3) is 0.440. The Labute approximate surface area is 188 Å². The second-order valence-electron chi connectivity index (χ2n) is 8.29. The average molecular weight is 444 g/mol. The summed E-state index contributed by atoms with van der Waals surface area (Å²) in [5, 5.41) is 2.78. The Balaban J connectivity index is 1.88. The molecule has 1 saturated heterocycles. The van der Waals surface area contributed by atoms with Gasteiger partial charge < -0.3 is 19.5 Å². The second-order valence-corrected chi connectivity index (χ2v) is 8.29. The molecule has 0 spiro atoms. The highest BCUT2D eigenvalue weighted by atomic mass is 19.1. The van der Waals surface area contributed by atoms with E-state index in [0.717, 1.165) is 11.1 Å². The summed E-state index contributed by atoms with van der Waals surface area (Å²) in [6.45, 7) is 7.86. The summed E-state index contributed by atoms with van der Waals surface area (Å²) in [6, 6.07) is 11.9. The number of rotatable bonds is 7. The maximum Gasteiger partial charge on any atom is 0.303 e. The number of nitrogens with one attached hydrogen (secondary N) is 1. The summed E-state index contributed by atoms with van der Waals surface area (Å²) >= 11 is 0. The van der Waals surface area contributed by atoms with Crippen molar-refractivity contribution >= 4 is 11.9 Å². The van der Waals surface area contributed by atoms with Crippen LogP contribution in [0.2, 0.25) is 0 Å². The van der Waals surface area contributed by atoms with E-state index >= 15 is 0 Å². The molecule has 0 aliphatic carbocycles. The highest BCUT2D eigenvalue weighted by Gasteiger charge is 2.39. The van der Waals surface area contributed by atoms with Crippen molar-refractivity contribution in [1.82, 2.24) is 5.32 Å². The molecule has 4 atom stereocenters. The fourth-order valence-electron chi connectivity index (χ4n) is 3.80. The van der Waals surface area contributed by atoms with Crippen molar-refractivity contribution in [3.63, 3.8) is 0 Å². The number of esters is 1. The van der Waals surface area contributed by atoms with E-state index in [4.69, 9.17) is 14.2 Å². The van der Waals surface area contributed by atoms with Crippen LogP contribution in [0.15, 0.2) is 42.5 Å². The van der Waals surface area contributed by atoms with Crippen LogP contribution in [0.5, 0.6) is 5.75 Å². The van der Waals surface area contributed by atoms with Crippen LogP contribution >= 0.6 is 0 Å². The van der Waals surface area contributed by atoms with E-state index in [-0.39, 0.29) is 29.5 Å². The van der Waals surface area contributed by atoms with Gasteiger partial charge in [-0.2, -0.15) is 0 Å². The molecule has 1 fully saturated rings. The Bertz CT molecular complexity index is 963. The van der Waals surface area contributed by atoms with Crippen molar-refractivity contribution < 1.29 is 28.2 Å². The zero-order chi connectivity index (χ0) is 23.3. The van der Waals surface area contributed by atoms with Gasteiger partial charge in [0.2, 0.25) is 12.2 Å². The molecule has 2 aromatic carbocycles. The van der Waals surface area contributed by atoms with Crippen LogP contribution in [0, 0.1) is 17.7 Å². The van der Waals surface area contributed by atoms with Gasteiger partial charge in [0.05, 0.1) is 6.61 Å². The summed E-state index contributed by atoms with van der Waals surface area (Å²) in [6.07, 6.45) is -0.694. The summed E-state index contributed by atoms with van der Waals surface area (Å²) in [5.74, 6) is -0.0182. The van der Waals surface area contributed by atoms with Crippen LogP contribution in [0.3, 0.4) is 0 Å². The zero-order valence-corrected chi connectivity index (χ0v) is 18.9. The first-order valence-corrected chi connectivity index (χ1v) is 10.8. The maximum absolute atomic E-state index is 13.9. The molecule has 1 N–H and O–H groups in total. The normalized spacial score (nSPS) is 22.8. The first-order valence-electron chi connectivity index (χ1n) is 10.8. The van der Waals surface area contributed by atoms with E-state index in [9.17, 15) is 14.0 Å². The molecule has 0 saturated carbocycles. The lowest BCUT2D eigenvalue weighted by atomic mass is 9.88. The molecule has 6 nitrogen and oxygen atoms in total. The number of hydrogen-bond donors (Lipinski definition) is 1. The number of hydrogen-bond acceptors (Lipinski definition) is 5. The van der Waals surface area contributed by atoms with Gasteiger partial charge in [-0.05, 0) is 53.3 Å². The molecule has 1 amide bonds. The third-order valence-corrected chi connectivity index (χ3v) is 5.75. The van der Waals surface area contributed by atoms with Crippen molar-refractivity contribution in [3.8, 4) is 16.9 Å². The molecule has 0 aromatic heterocycles. The Morgan fingerprint density at radius 3 is 2.62 bits per heavy atom. The minimum Gasteiger partial charge on any atom is -0.461 e. The largest absolute Gasteiger partial charge is 0.461 e. The minimum atomic E-state index is -0.740. The molecule has 1 aliphatic rings. The van der Waals surface area contributed by atoms with E-state index < -0.39 is 12.4 Å². The molecule has 0 bridgehead atoms. The van der Waals surface area contributed by atoms with E-state index in [2.05, 4.69) is 5.32 Å². The minimum absolute atomic E-state index is 0.0669. The van der Waals surface area contributed by atoms with Crippen LogP contribution in [0.25, 0.3) is 11.1 Å². The molecule has 172 valence electrons. The molecule has 7 heteroatoms. The number of carbonyl (C=O) groups excluding carboxylic acids is 2. The van der Waals surface area contributed by atoms with Crippen molar-refractivity contribution in [2.24, 2.45) is 11.8 Å². The van der Waals surface area contributed by atoms with E-state index in [1.54, 1.807) is 6.07 Å². The quantitative estimate of drug-likeness (QED) is 0.652. The summed E-state index contributed by atoms with van der Waals surface area (Å²) in [5.41, 5.74) is 2.45. The number of amides is 1. The molecule has 1 aliphatic heterocycles. The predicted molar refractivity (Wildman–Crippen MR) is 118 cm³/mol. The highest BCUT2D eigenvalue weighted by Crippen LogP contribution is 2.33. The third-order valence-electron chi connectivity index (χ3n) is 5.75. The van der Waals surface area contributed by atoms with Gasteiger partial charge in [0.15, 0.2) is 6.10 Å². The first-order chi connectivity index (χ1) is 15.2. The SMILES string of the molecule is CC(=O)NCCc1ccc(OC2OC[C@@H](C)[C@H](C)[C@H]2OC(C)=O)cc1-c1cccc(F)c1. The van der Waals surface area contributed by atoms with Gasteiger partial charge in [-0.3, -0.25) is 9.59 Å². The fourth-order valence-corrected chi connectivity index (χ4v) is 3.80. The van der Waals surface area contributed by atoms with Gasteiger partial charge in [0, 0.05) is 26.3 Å². The summed E-state index contributed by atoms with van der Waals surface area (Å²) < 4.78 is 31.4. The van der Waals surface area contributed by atoms with Gasteiger partial charge in [0.1, 0.15) is 11.6 Å². The van der Waals surface area contributed by atoms with Crippen LogP contribution in [-0.2, 0) is 25.5 Å². The van der Waals surface area contributed by atoms with Gasteiger partial charge >= 0.3 is 5.97 Å². The van der Waals surface area contributed by atoms with Crippen LogP contribution in [0.1, 0.15) is 33.3 Å². The van der Waals surface area contributed by atoms with E-state index in [0.29, 0.717) is 30.9 Å². The molecular weight excluding hydrogens is 413 g/mol. The van der Waals surface area contributed by atoms with Crippen LogP contribution in [-0.4, -0.2) is 37.4 Å². The maximum atomic E-state index is 13.9. The smallest absolute Gasteiger partial charge is 0.303 e. The van der Waals surface area contributed by atoms with Crippen molar-refractivity contribution in [3.05, 3.63) is 53.8 Å². The van der Waals surface area contributed by atoms with E-state index in [1.165, 1.54) is 26.0 Å². The number of benzene rings is 2. The summed E-state index contributed by atoms with van der Waals surface area (Å²) in [7, 11) is 0. The molecule has 3 rings (SSSR count). The standard InChI is InChI=1S/C25H30FNO5/c1-15-14-30-25(24(16(15)2)31-18(4)29)32-22-9-8-19(10-11-27-17(3)28)23(13-22)20-6-5-7-21(26)12-20/h5-9,12-13,15-16,24-25H,10-11,14H2,1-4H3,(H,27,28)/t15-,16+,24-,25?/m1/s1. The lowest BCUT2D eigenvalue weighted by Crippen LogP contribution is -2.49. The zero-order valence-electron chi connectivity index (χ0n) is 18.9. The number of carbonyl (C=O) groups is 2. The van der Waals surface area contributed by atoms with Gasteiger partial charge in [-0.1, -0.05) is 32.0 Å². The average Bonchev–Trinajstić information content (AvgIpc) is 2.73. The lowest BCUT2D eigenvalue weighted by molar-refractivity contribution is -0.220. The Morgan fingerprint density at radius 1 is 1.16 bits per heavy atom. The highest BCUT2D eigenvalue weighted by molar-refractivity contribution is 5.73. The molecular formula is C25H30FNO5. The van der Waals surface area contributed by atoms with Gasteiger partial charge in [0.25, 0.3) is 0 Å². The predicted octanol–water partition coefficient (Wildman–Crippen LogP) is 4.11. The Morgan fingerprint density at radius 2 is 1.94 bits per heavy atom. The number of halogens is 1. The van der Waals surface area contributed by atoms with Crippen molar-refractivity contribution in [1.29, 1.82) is 0 Å². The topological polar surface area (TPSA) is 73.9 Å². The van der Waals surface area contributed by atoms with Crippen molar-refractivity contribution in [2.75, 3.05) is 13.2 Å². The van der Waals surface area contributed by atoms with E-state index in [1.807, 2.05) is 38.1 Å². The van der Waals surface area contributed by atoms with Crippen LogP contribution in [0.4, 0.5) is 4.39 Å². The molecule has 0 radical (unpaired) electrons. The lowest BCUT2D eigenvalue weighted by Gasteiger charge is -2.39. The Kier molecular flexibility index (Phi) is 7.85. The molecule has 1 unspecified atom stereocenters. The second kappa shape index (κ2) is 10.6. The monoisotopic (exact) mass is 443 g/mol.